The fourth-order valence-corrected chi connectivity index (χ4v) is 0.948. The Morgan fingerprint density at radius 1 is 1.00 bits per heavy atom. The van der Waals surface area contributed by atoms with E-state index in [2.05, 4.69) is 14.5 Å². The van der Waals surface area contributed by atoms with Gasteiger partial charge in [0.2, 0.25) is 0 Å². The van der Waals surface area contributed by atoms with Crippen LogP contribution in [0.5, 0.6) is 5.75 Å². The maximum absolute atomic E-state index is 11.1. The predicted octanol–water partition coefficient (Wildman–Crippen LogP) is 1.29. The summed E-state index contributed by atoms with van der Waals surface area (Å²) in [7, 11) is 0. The van der Waals surface area contributed by atoms with Gasteiger partial charge in [-0.25, -0.2) is 14.6 Å². The molecule has 0 radical (unpaired) electrons. The van der Waals surface area contributed by atoms with Gasteiger partial charge in [-0.1, -0.05) is 12.1 Å². The fraction of sp³-hybridized carbons (Fsp3) is 0. The number of carbonyl (C=O) groups is 2. The smallest absolute Gasteiger partial charge is 0.392 e. The Bertz CT molecular complexity index is 371. The molecule has 5 heteroatoms. The SMILES string of the molecule is O=C1OOC(=O)c2ccccc2O1. The summed E-state index contributed by atoms with van der Waals surface area (Å²) in [5.74, 6) is -0.614. The van der Waals surface area contributed by atoms with Crippen LogP contribution in [0, 0.1) is 0 Å². The van der Waals surface area contributed by atoms with E-state index in [1.165, 1.54) is 12.1 Å². The molecule has 66 valence electrons. The van der Waals surface area contributed by atoms with E-state index < -0.39 is 12.1 Å². The van der Waals surface area contributed by atoms with Crippen molar-refractivity contribution in [2.45, 2.75) is 0 Å². The van der Waals surface area contributed by atoms with Crippen LogP contribution in [0.3, 0.4) is 0 Å². The van der Waals surface area contributed by atoms with E-state index in [1.807, 2.05) is 0 Å². The van der Waals surface area contributed by atoms with Gasteiger partial charge in [-0.2, -0.15) is 4.79 Å². The molecule has 0 unspecified atom stereocenters. The summed E-state index contributed by atoms with van der Waals surface area (Å²) in [5.41, 5.74) is 0.161. The second-order valence-corrected chi connectivity index (χ2v) is 2.30. The van der Waals surface area contributed by atoms with Gasteiger partial charge >= 0.3 is 12.1 Å². The first-order chi connectivity index (χ1) is 6.27. The lowest BCUT2D eigenvalue weighted by molar-refractivity contribution is -0.192. The highest BCUT2D eigenvalue weighted by molar-refractivity contribution is 5.94. The summed E-state index contributed by atoms with van der Waals surface area (Å²) in [5, 5.41) is 0. The Balaban J connectivity index is 2.49. The highest BCUT2D eigenvalue weighted by atomic mass is 17.2. The van der Waals surface area contributed by atoms with Gasteiger partial charge in [-0.15, -0.1) is 0 Å². The van der Waals surface area contributed by atoms with Gasteiger partial charge in [0.05, 0.1) is 0 Å². The van der Waals surface area contributed by atoms with Gasteiger partial charge in [-0.3, -0.25) is 0 Å². The highest BCUT2D eigenvalue weighted by Crippen LogP contribution is 2.21. The monoisotopic (exact) mass is 180 g/mol. The molecule has 0 saturated heterocycles. The molecule has 0 aliphatic carbocycles. The van der Waals surface area contributed by atoms with Crippen LogP contribution < -0.4 is 4.74 Å². The number of hydrogen-bond acceptors (Lipinski definition) is 5. The summed E-state index contributed by atoms with van der Waals surface area (Å²) in [6.07, 6.45) is -1.06. The molecule has 1 aliphatic heterocycles. The minimum Gasteiger partial charge on any atom is -0.392 e. The van der Waals surface area contributed by atoms with Crippen molar-refractivity contribution < 1.29 is 24.1 Å². The quantitative estimate of drug-likeness (QED) is 0.342. The number of ether oxygens (including phenoxy) is 1. The molecule has 1 heterocycles. The van der Waals surface area contributed by atoms with Crippen LogP contribution in [0.15, 0.2) is 24.3 Å². The molecular weight excluding hydrogens is 176 g/mol. The van der Waals surface area contributed by atoms with Crippen LogP contribution in [-0.4, -0.2) is 12.1 Å². The van der Waals surface area contributed by atoms with Crippen molar-refractivity contribution in [2.24, 2.45) is 0 Å². The normalized spacial score (nSPS) is 14.8. The van der Waals surface area contributed by atoms with Crippen LogP contribution >= 0.6 is 0 Å². The average Bonchev–Trinajstić information content (AvgIpc) is 2.27. The van der Waals surface area contributed by atoms with E-state index in [0.717, 1.165) is 0 Å². The van der Waals surface area contributed by atoms with E-state index in [4.69, 9.17) is 0 Å². The minimum atomic E-state index is -1.06. The van der Waals surface area contributed by atoms with Gasteiger partial charge in [0.25, 0.3) is 0 Å². The molecule has 1 aromatic rings. The molecule has 0 N–H and O–H groups in total. The minimum absolute atomic E-state index is 0.134. The molecule has 0 fully saturated rings. The molecule has 1 aliphatic rings. The lowest BCUT2D eigenvalue weighted by Gasteiger charge is -1.97. The first-order valence-electron chi connectivity index (χ1n) is 3.47. The molecule has 0 atom stereocenters. The van der Waals surface area contributed by atoms with Crippen LogP contribution in [0.4, 0.5) is 4.79 Å². The van der Waals surface area contributed by atoms with Crippen molar-refractivity contribution in [2.75, 3.05) is 0 Å². The average molecular weight is 180 g/mol. The maximum atomic E-state index is 11.1. The first-order valence-corrected chi connectivity index (χ1v) is 3.47. The van der Waals surface area contributed by atoms with Crippen molar-refractivity contribution >= 4 is 12.1 Å². The van der Waals surface area contributed by atoms with Gasteiger partial charge in [-0.05, 0) is 12.1 Å². The highest BCUT2D eigenvalue weighted by Gasteiger charge is 2.23. The zero-order chi connectivity index (χ0) is 9.26. The molecule has 0 aromatic heterocycles. The zero-order valence-electron chi connectivity index (χ0n) is 6.35. The summed E-state index contributed by atoms with van der Waals surface area (Å²) in [6, 6.07) is 6.20. The maximum Gasteiger partial charge on any atom is 0.555 e. The van der Waals surface area contributed by atoms with Gasteiger partial charge in [0.1, 0.15) is 11.3 Å². The standard InChI is InChI=1S/C8H4O5/c9-7-5-3-1-2-4-6(5)11-8(10)13-12-7/h1-4H. The molecule has 13 heavy (non-hydrogen) atoms. The van der Waals surface area contributed by atoms with Gasteiger partial charge in [0, 0.05) is 0 Å². The Labute approximate surface area is 72.7 Å². The summed E-state index contributed by atoms with van der Waals surface area (Å²) < 4.78 is 4.62. The van der Waals surface area contributed by atoms with Crippen LogP contribution in [0.1, 0.15) is 10.4 Å². The Morgan fingerprint density at radius 2 is 1.77 bits per heavy atom. The van der Waals surface area contributed by atoms with Crippen molar-refractivity contribution in [3.05, 3.63) is 29.8 Å². The van der Waals surface area contributed by atoms with Crippen molar-refractivity contribution in [3.8, 4) is 5.75 Å². The van der Waals surface area contributed by atoms with Crippen LogP contribution in [0.25, 0.3) is 0 Å². The van der Waals surface area contributed by atoms with E-state index in [0.29, 0.717) is 0 Å². The summed E-state index contributed by atoms with van der Waals surface area (Å²) in [4.78, 5) is 29.9. The number of para-hydroxylation sites is 1. The number of rotatable bonds is 0. The molecule has 0 amide bonds. The number of hydrogen-bond donors (Lipinski definition) is 0. The van der Waals surface area contributed by atoms with Crippen molar-refractivity contribution in [1.29, 1.82) is 0 Å². The number of fused-ring (bicyclic) bond motifs is 1. The molecule has 1 aromatic carbocycles. The first kappa shape index (κ1) is 7.60. The lowest BCUT2D eigenvalue weighted by Crippen LogP contribution is -2.08. The zero-order valence-corrected chi connectivity index (χ0v) is 6.35. The van der Waals surface area contributed by atoms with Crippen molar-refractivity contribution in [1.82, 2.24) is 0 Å². The molecule has 0 spiro atoms. The Hall–Kier alpha value is -2.04. The molecule has 2 rings (SSSR count). The second-order valence-electron chi connectivity index (χ2n) is 2.30. The number of benzene rings is 1. The predicted molar refractivity (Wildman–Crippen MR) is 39.0 cm³/mol. The lowest BCUT2D eigenvalue weighted by atomic mass is 10.2. The van der Waals surface area contributed by atoms with E-state index >= 15 is 0 Å². The van der Waals surface area contributed by atoms with Gasteiger partial charge in [0.15, 0.2) is 0 Å². The van der Waals surface area contributed by atoms with E-state index in [1.54, 1.807) is 12.1 Å². The summed E-state index contributed by atoms with van der Waals surface area (Å²) in [6.45, 7) is 0. The summed E-state index contributed by atoms with van der Waals surface area (Å²) >= 11 is 0. The molecule has 5 nitrogen and oxygen atoms in total. The van der Waals surface area contributed by atoms with Crippen molar-refractivity contribution in [3.63, 3.8) is 0 Å². The van der Waals surface area contributed by atoms with E-state index in [9.17, 15) is 9.59 Å². The third-order valence-corrected chi connectivity index (χ3v) is 1.49. The topological polar surface area (TPSA) is 61.8 Å². The Morgan fingerprint density at radius 3 is 2.62 bits per heavy atom. The van der Waals surface area contributed by atoms with Crippen LogP contribution in [-0.2, 0) is 9.78 Å². The number of carbonyl (C=O) groups excluding carboxylic acids is 2. The third-order valence-electron chi connectivity index (χ3n) is 1.49. The Kier molecular flexibility index (Phi) is 1.63. The second kappa shape index (κ2) is 2.78. The third kappa shape index (κ3) is 1.31. The fourth-order valence-electron chi connectivity index (χ4n) is 0.948. The van der Waals surface area contributed by atoms with Gasteiger partial charge < -0.3 is 4.74 Å². The van der Waals surface area contributed by atoms with Crippen LogP contribution in [0.2, 0.25) is 0 Å². The molecular formula is C8H4O5. The molecule has 0 bridgehead atoms. The largest absolute Gasteiger partial charge is 0.555 e. The van der Waals surface area contributed by atoms with E-state index in [-0.39, 0.29) is 11.3 Å². The molecule has 0 saturated carbocycles.